The van der Waals surface area contributed by atoms with Crippen LogP contribution in [0.5, 0.6) is 5.75 Å². The number of carbonyl (C=O) groups excluding carboxylic acids is 1. The van der Waals surface area contributed by atoms with Crippen molar-refractivity contribution in [3.05, 3.63) is 88.7 Å². The molecule has 3 aromatic carbocycles. The topological polar surface area (TPSA) is 26.3 Å². The number of halogens is 5. The van der Waals surface area contributed by atoms with Crippen LogP contribution in [0.4, 0.5) is 22.0 Å². The first-order chi connectivity index (χ1) is 13.8. The molecule has 0 aliphatic rings. The van der Waals surface area contributed by atoms with Gasteiger partial charge in [0.2, 0.25) is 0 Å². The van der Waals surface area contributed by atoms with Gasteiger partial charge in [0, 0.05) is 17.7 Å². The van der Waals surface area contributed by atoms with Crippen LogP contribution in [0.25, 0.3) is 11.1 Å². The summed E-state index contributed by atoms with van der Waals surface area (Å²) in [6.45, 7) is 1.86. The zero-order valence-electron chi connectivity index (χ0n) is 15.2. The fourth-order valence-electron chi connectivity index (χ4n) is 2.82. The lowest BCUT2D eigenvalue weighted by Gasteiger charge is -2.09. The van der Waals surface area contributed by atoms with E-state index in [2.05, 4.69) is 0 Å². The van der Waals surface area contributed by atoms with Gasteiger partial charge >= 0.3 is 5.97 Å². The van der Waals surface area contributed by atoms with Crippen LogP contribution in [0.2, 0.25) is 0 Å². The van der Waals surface area contributed by atoms with Gasteiger partial charge < -0.3 is 4.74 Å². The van der Waals surface area contributed by atoms with Crippen molar-refractivity contribution >= 4 is 5.97 Å². The zero-order chi connectivity index (χ0) is 21.1. The molecule has 0 radical (unpaired) electrons. The maximum atomic E-state index is 14.4. The van der Waals surface area contributed by atoms with E-state index in [1.165, 1.54) is 36.4 Å². The highest BCUT2D eigenvalue weighted by Crippen LogP contribution is 2.28. The molecule has 0 aromatic heterocycles. The van der Waals surface area contributed by atoms with Gasteiger partial charge in [0.25, 0.3) is 0 Å². The second-order valence-electron chi connectivity index (χ2n) is 6.32. The molecule has 0 spiro atoms. The summed E-state index contributed by atoms with van der Waals surface area (Å²) < 4.78 is 72.7. The van der Waals surface area contributed by atoms with E-state index in [4.69, 9.17) is 4.74 Å². The second-order valence-corrected chi connectivity index (χ2v) is 6.32. The van der Waals surface area contributed by atoms with Crippen LogP contribution in [0.15, 0.2) is 48.5 Å². The number of hydrogen-bond acceptors (Lipinski definition) is 2. The molecule has 0 bridgehead atoms. The highest BCUT2D eigenvalue weighted by atomic mass is 19.2. The van der Waals surface area contributed by atoms with E-state index in [1.807, 2.05) is 6.92 Å². The summed E-state index contributed by atoms with van der Waals surface area (Å²) in [7, 11) is 0. The molecule has 0 aliphatic carbocycles. The quantitative estimate of drug-likeness (QED) is 0.218. The average Bonchev–Trinajstić information content (AvgIpc) is 2.70. The highest BCUT2D eigenvalue weighted by molar-refractivity contribution is 5.91. The Kier molecular flexibility index (Phi) is 5.96. The molecule has 0 saturated carbocycles. The Labute approximate surface area is 163 Å². The highest BCUT2D eigenvalue weighted by Gasteiger charge is 2.17. The maximum Gasteiger partial charge on any atom is 0.343 e. The SMILES string of the molecule is CCCc1ccc(-c2ccc(C(=O)Oc3cc(F)c(F)c(F)c3)cc2)c(F)c1F. The van der Waals surface area contributed by atoms with Crippen molar-refractivity contribution in [2.24, 2.45) is 0 Å². The van der Waals surface area contributed by atoms with E-state index in [-0.39, 0.29) is 16.7 Å². The molecule has 7 heteroatoms. The third kappa shape index (κ3) is 4.29. The summed E-state index contributed by atoms with van der Waals surface area (Å²) in [6.07, 6.45) is 1.09. The van der Waals surface area contributed by atoms with Crippen LogP contribution in [0.1, 0.15) is 29.3 Å². The summed E-state index contributed by atoms with van der Waals surface area (Å²) in [6, 6.07) is 9.43. The lowest BCUT2D eigenvalue weighted by atomic mass is 10.00. The molecule has 0 unspecified atom stereocenters. The minimum atomic E-state index is -1.67. The molecule has 2 nitrogen and oxygen atoms in total. The molecule has 0 N–H and O–H groups in total. The van der Waals surface area contributed by atoms with E-state index < -0.39 is 40.8 Å². The fourth-order valence-corrected chi connectivity index (χ4v) is 2.82. The Morgan fingerprint density at radius 1 is 0.828 bits per heavy atom. The van der Waals surface area contributed by atoms with Crippen LogP contribution < -0.4 is 4.74 Å². The second kappa shape index (κ2) is 8.43. The minimum absolute atomic E-state index is 0.00220. The summed E-state index contributed by atoms with van der Waals surface area (Å²) >= 11 is 0. The van der Waals surface area contributed by atoms with E-state index >= 15 is 0 Å². The van der Waals surface area contributed by atoms with Crippen LogP contribution in [-0.2, 0) is 6.42 Å². The molecular formula is C22H15F5O2. The molecule has 0 atom stereocenters. The molecule has 29 heavy (non-hydrogen) atoms. The Morgan fingerprint density at radius 2 is 1.45 bits per heavy atom. The van der Waals surface area contributed by atoms with Crippen molar-refractivity contribution in [3.8, 4) is 16.9 Å². The van der Waals surface area contributed by atoms with Crippen molar-refractivity contribution in [3.63, 3.8) is 0 Å². The lowest BCUT2D eigenvalue weighted by Crippen LogP contribution is -2.09. The van der Waals surface area contributed by atoms with Crippen molar-refractivity contribution in [2.45, 2.75) is 19.8 Å². The van der Waals surface area contributed by atoms with E-state index in [0.717, 1.165) is 0 Å². The Bertz CT molecular complexity index is 1040. The van der Waals surface area contributed by atoms with Gasteiger partial charge in [-0.1, -0.05) is 37.6 Å². The van der Waals surface area contributed by atoms with E-state index in [9.17, 15) is 26.7 Å². The van der Waals surface area contributed by atoms with Gasteiger partial charge in [0.15, 0.2) is 29.1 Å². The molecular weight excluding hydrogens is 391 g/mol. The summed E-state index contributed by atoms with van der Waals surface area (Å²) in [5, 5.41) is 0. The molecule has 0 saturated heterocycles. The normalized spacial score (nSPS) is 10.8. The first-order valence-electron chi connectivity index (χ1n) is 8.75. The van der Waals surface area contributed by atoms with Crippen molar-refractivity contribution in [1.82, 2.24) is 0 Å². The Hall–Kier alpha value is -3.22. The molecule has 150 valence electrons. The molecule has 0 fully saturated rings. The number of hydrogen-bond donors (Lipinski definition) is 0. The van der Waals surface area contributed by atoms with Crippen LogP contribution in [0, 0.1) is 29.1 Å². The van der Waals surface area contributed by atoms with Gasteiger partial charge in [-0.15, -0.1) is 0 Å². The predicted molar refractivity (Wildman–Crippen MR) is 97.1 cm³/mol. The van der Waals surface area contributed by atoms with Gasteiger partial charge in [-0.25, -0.2) is 26.7 Å². The van der Waals surface area contributed by atoms with Gasteiger partial charge in [-0.05, 0) is 29.7 Å². The number of rotatable bonds is 5. The smallest absolute Gasteiger partial charge is 0.343 e. The van der Waals surface area contributed by atoms with Gasteiger partial charge in [0.05, 0.1) is 5.56 Å². The molecule has 3 rings (SSSR count). The van der Waals surface area contributed by atoms with Gasteiger partial charge in [-0.3, -0.25) is 0 Å². The molecule has 0 aliphatic heterocycles. The summed E-state index contributed by atoms with van der Waals surface area (Å²) in [4.78, 5) is 12.1. The van der Waals surface area contributed by atoms with Crippen LogP contribution >= 0.6 is 0 Å². The number of ether oxygens (including phenoxy) is 1. The van der Waals surface area contributed by atoms with Gasteiger partial charge in [0.1, 0.15) is 5.75 Å². The van der Waals surface area contributed by atoms with Crippen molar-refractivity contribution in [2.75, 3.05) is 0 Å². The monoisotopic (exact) mass is 406 g/mol. The third-order valence-electron chi connectivity index (χ3n) is 4.28. The zero-order valence-corrected chi connectivity index (χ0v) is 15.2. The van der Waals surface area contributed by atoms with Crippen LogP contribution in [0.3, 0.4) is 0 Å². The number of benzene rings is 3. The Morgan fingerprint density at radius 3 is 2.03 bits per heavy atom. The Balaban J connectivity index is 1.82. The summed E-state index contributed by atoms with van der Waals surface area (Å²) in [5.74, 6) is -8.01. The predicted octanol–water partition coefficient (Wildman–Crippen LogP) is 6.22. The standard InChI is InChI=1S/C22H15F5O2/c1-2-3-13-8-9-16(20(26)19(13)25)12-4-6-14(7-5-12)22(28)29-15-10-17(23)21(27)18(24)11-15/h4-11H,2-3H2,1H3. The first kappa shape index (κ1) is 20.5. The minimum Gasteiger partial charge on any atom is -0.423 e. The van der Waals surface area contributed by atoms with Crippen molar-refractivity contribution in [1.29, 1.82) is 0 Å². The van der Waals surface area contributed by atoms with Crippen molar-refractivity contribution < 1.29 is 31.5 Å². The third-order valence-corrected chi connectivity index (χ3v) is 4.28. The summed E-state index contributed by atoms with van der Waals surface area (Å²) in [5.41, 5.74) is 0.653. The number of carbonyl (C=O) groups is 1. The van der Waals surface area contributed by atoms with E-state index in [0.29, 0.717) is 30.5 Å². The maximum absolute atomic E-state index is 14.4. The number of esters is 1. The molecule has 0 heterocycles. The van der Waals surface area contributed by atoms with E-state index in [1.54, 1.807) is 0 Å². The first-order valence-corrected chi connectivity index (χ1v) is 8.75. The average molecular weight is 406 g/mol. The largest absolute Gasteiger partial charge is 0.423 e. The van der Waals surface area contributed by atoms with Crippen LogP contribution in [-0.4, -0.2) is 5.97 Å². The molecule has 3 aromatic rings. The fraction of sp³-hybridized carbons (Fsp3) is 0.136. The van der Waals surface area contributed by atoms with Gasteiger partial charge in [-0.2, -0.15) is 0 Å². The number of aryl methyl sites for hydroxylation is 1. The lowest BCUT2D eigenvalue weighted by molar-refractivity contribution is 0.0733. The molecule has 0 amide bonds.